The number of amides is 1. The number of carbonyl (C=O) groups is 2. The van der Waals surface area contributed by atoms with Gasteiger partial charge in [0.2, 0.25) is 5.91 Å². The van der Waals surface area contributed by atoms with E-state index in [1.54, 1.807) is 0 Å². The Kier molecular flexibility index (Phi) is 10.4. The molecule has 0 aliphatic heterocycles. The molecule has 5 nitrogen and oxygen atoms in total. The second kappa shape index (κ2) is 13.3. The Morgan fingerprint density at radius 1 is 1.00 bits per heavy atom. The van der Waals surface area contributed by atoms with Gasteiger partial charge < -0.3 is 15.4 Å². The van der Waals surface area contributed by atoms with Gasteiger partial charge in [-0.3, -0.25) is 4.79 Å². The van der Waals surface area contributed by atoms with E-state index in [1.165, 1.54) is 7.11 Å². The predicted molar refractivity (Wildman–Crippen MR) is 121 cm³/mol. The summed E-state index contributed by atoms with van der Waals surface area (Å²) < 4.78 is 4.87. The number of methoxy groups -OCH3 is 1. The van der Waals surface area contributed by atoms with Crippen molar-refractivity contribution in [3.8, 4) is 0 Å². The average molecular weight is 409 g/mol. The molecule has 0 bridgehead atoms. The van der Waals surface area contributed by atoms with Crippen molar-refractivity contribution in [3.63, 3.8) is 0 Å². The summed E-state index contributed by atoms with van der Waals surface area (Å²) in [6.45, 7) is 2.59. The summed E-state index contributed by atoms with van der Waals surface area (Å²) >= 11 is 0. The molecule has 2 aromatic rings. The first-order valence-electron chi connectivity index (χ1n) is 10.5. The fraction of sp³-hybridized carbons (Fsp3) is 0.360. The monoisotopic (exact) mass is 408 g/mol. The molecule has 0 fully saturated rings. The third kappa shape index (κ3) is 8.21. The molecule has 2 atom stereocenters. The molecular weight excluding hydrogens is 376 g/mol. The molecular formula is C25H32N2O3. The molecule has 0 radical (unpaired) electrons. The van der Waals surface area contributed by atoms with E-state index in [2.05, 4.69) is 17.6 Å². The Balaban J connectivity index is 2.04. The van der Waals surface area contributed by atoms with Gasteiger partial charge in [-0.05, 0) is 24.0 Å². The standard InChI is InChI=1S/C25H32N2O3/c1-3-4-17-22(25(29)30-2)27-24(28)23(19-21-14-9-6-10-15-21)26-18-11-16-20-12-7-5-8-13-20/h5-16,22-23,26H,3-4,17-19H2,1-2H3,(H,27,28)/b16-11+/t22-,23-/m0/s1. The van der Waals surface area contributed by atoms with Gasteiger partial charge in [0, 0.05) is 6.54 Å². The lowest BCUT2D eigenvalue weighted by Crippen LogP contribution is -2.51. The van der Waals surface area contributed by atoms with Crippen molar-refractivity contribution in [1.82, 2.24) is 10.6 Å². The van der Waals surface area contributed by atoms with Gasteiger partial charge in [0.25, 0.3) is 0 Å². The van der Waals surface area contributed by atoms with Crippen LogP contribution in [-0.4, -0.2) is 37.6 Å². The Hall–Kier alpha value is -2.92. The van der Waals surface area contributed by atoms with E-state index in [0.717, 1.165) is 24.0 Å². The molecule has 0 saturated carbocycles. The van der Waals surface area contributed by atoms with Crippen LogP contribution in [0.1, 0.15) is 37.3 Å². The van der Waals surface area contributed by atoms with Gasteiger partial charge in [-0.25, -0.2) is 4.79 Å². The fourth-order valence-electron chi connectivity index (χ4n) is 3.15. The molecule has 0 unspecified atom stereocenters. The largest absolute Gasteiger partial charge is 0.467 e. The zero-order valence-electron chi connectivity index (χ0n) is 17.8. The van der Waals surface area contributed by atoms with E-state index in [4.69, 9.17) is 4.74 Å². The van der Waals surface area contributed by atoms with Crippen LogP contribution in [0.5, 0.6) is 0 Å². The molecule has 2 N–H and O–H groups in total. The quantitative estimate of drug-likeness (QED) is 0.525. The minimum absolute atomic E-state index is 0.196. The van der Waals surface area contributed by atoms with Gasteiger partial charge in [0.1, 0.15) is 6.04 Å². The second-order valence-electron chi connectivity index (χ2n) is 7.19. The normalized spacial score (nSPS) is 13.0. The van der Waals surface area contributed by atoms with Crippen LogP contribution in [0.15, 0.2) is 66.7 Å². The van der Waals surface area contributed by atoms with Crippen molar-refractivity contribution in [1.29, 1.82) is 0 Å². The Labute approximate surface area is 179 Å². The number of hydrogen-bond acceptors (Lipinski definition) is 4. The maximum atomic E-state index is 13.0. The Bertz CT molecular complexity index is 791. The zero-order chi connectivity index (χ0) is 21.6. The summed E-state index contributed by atoms with van der Waals surface area (Å²) in [6, 6.07) is 18.8. The van der Waals surface area contributed by atoms with E-state index in [1.807, 2.05) is 72.8 Å². The lowest BCUT2D eigenvalue weighted by atomic mass is 10.0. The zero-order valence-corrected chi connectivity index (χ0v) is 17.8. The van der Waals surface area contributed by atoms with Crippen LogP contribution >= 0.6 is 0 Å². The van der Waals surface area contributed by atoms with Gasteiger partial charge in [-0.1, -0.05) is 92.6 Å². The van der Waals surface area contributed by atoms with Crippen LogP contribution in [0, 0.1) is 0 Å². The highest BCUT2D eigenvalue weighted by molar-refractivity contribution is 5.87. The van der Waals surface area contributed by atoms with Crippen LogP contribution in [0.4, 0.5) is 0 Å². The number of esters is 1. The third-order valence-corrected chi connectivity index (χ3v) is 4.84. The Morgan fingerprint density at radius 3 is 2.30 bits per heavy atom. The first kappa shape index (κ1) is 23.4. The van der Waals surface area contributed by atoms with E-state index < -0.39 is 18.1 Å². The maximum Gasteiger partial charge on any atom is 0.328 e. The van der Waals surface area contributed by atoms with Crippen LogP contribution in [0.2, 0.25) is 0 Å². The number of carbonyl (C=O) groups excluding carboxylic acids is 2. The summed E-state index contributed by atoms with van der Waals surface area (Å²) in [5.41, 5.74) is 2.16. The smallest absolute Gasteiger partial charge is 0.328 e. The number of hydrogen-bond donors (Lipinski definition) is 2. The summed E-state index contributed by atoms with van der Waals surface area (Å²) in [4.78, 5) is 25.1. The van der Waals surface area contributed by atoms with Gasteiger partial charge in [-0.15, -0.1) is 0 Å². The number of unbranched alkanes of at least 4 members (excludes halogenated alkanes) is 1. The Morgan fingerprint density at radius 2 is 1.67 bits per heavy atom. The van der Waals surface area contributed by atoms with Crippen molar-refractivity contribution in [2.24, 2.45) is 0 Å². The molecule has 2 aromatic carbocycles. The van der Waals surface area contributed by atoms with E-state index in [9.17, 15) is 9.59 Å². The molecule has 0 spiro atoms. The van der Waals surface area contributed by atoms with Crippen molar-refractivity contribution in [2.75, 3.05) is 13.7 Å². The van der Waals surface area contributed by atoms with Crippen molar-refractivity contribution < 1.29 is 14.3 Å². The summed E-state index contributed by atoms with van der Waals surface area (Å²) in [7, 11) is 1.35. The van der Waals surface area contributed by atoms with Crippen LogP contribution in [-0.2, 0) is 20.7 Å². The highest BCUT2D eigenvalue weighted by Crippen LogP contribution is 2.07. The molecule has 2 rings (SSSR count). The van der Waals surface area contributed by atoms with Crippen molar-refractivity contribution in [3.05, 3.63) is 77.9 Å². The SMILES string of the molecule is CCCC[C@H](NC(=O)[C@H](Cc1ccccc1)NC/C=C/c1ccccc1)C(=O)OC. The van der Waals surface area contributed by atoms with Gasteiger partial charge in [0.15, 0.2) is 0 Å². The van der Waals surface area contributed by atoms with Crippen LogP contribution in [0.3, 0.4) is 0 Å². The molecule has 0 aromatic heterocycles. The summed E-state index contributed by atoms with van der Waals surface area (Å²) in [5.74, 6) is -0.599. The average Bonchev–Trinajstić information content (AvgIpc) is 2.79. The van der Waals surface area contributed by atoms with Gasteiger partial charge in [0.05, 0.1) is 13.2 Å². The summed E-state index contributed by atoms with van der Waals surface area (Å²) in [5, 5.41) is 6.19. The molecule has 1 amide bonds. The molecule has 0 saturated heterocycles. The topological polar surface area (TPSA) is 67.4 Å². The van der Waals surface area contributed by atoms with Crippen LogP contribution < -0.4 is 10.6 Å². The molecule has 5 heteroatoms. The number of benzene rings is 2. The van der Waals surface area contributed by atoms with E-state index in [-0.39, 0.29) is 5.91 Å². The van der Waals surface area contributed by atoms with E-state index in [0.29, 0.717) is 19.4 Å². The fourth-order valence-corrected chi connectivity index (χ4v) is 3.15. The minimum atomic E-state index is -0.623. The first-order valence-corrected chi connectivity index (χ1v) is 10.5. The van der Waals surface area contributed by atoms with E-state index >= 15 is 0 Å². The molecule has 0 aliphatic carbocycles. The van der Waals surface area contributed by atoms with Crippen LogP contribution in [0.25, 0.3) is 6.08 Å². The molecule has 30 heavy (non-hydrogen) atoms. The molecule has 160 valence electrons. The number of nitrogens with one attached hydrogen (secondary N) is 2. The minimum Gasteiger partial charge on any atom is -0.467 e. The first-order chi connectivity index (χ1) is 14.6. The van der Waals surface area contributed by atoms with Crippen molar-refractivity contribution in [2.45, 2.75) is 44.7 Å². The lowest BCUT2D eigenvalue weighted by molar-refractivity contribution is -0.145. The third-order valence-electron chi connectivity index (χ3n) is 4.84. The lowest BCUT2D eigenvalue weighted by Gasteiger charge is -2.22. The van der Waals surface area contributed by atoms with Gasteiger partial charge in [-0.2, -0.15) is 0 Å². The number of ether oxygens (including phenoxy) is 1. The van der Waals surface area contributed by atoms with Gasteiger partial charge >= 0.3 is 5.97 Å². The summed E-state index contributed by atoms with van der Waals surface area (Å²) in [6.07, 6.45) is 6.91. The molecule has 0 aliphatic rings. The highest BCUT2D eigenvalue weighted by Gasteiger charge is 2.25. The van der Waals surface area contributed by atoms with Crippen molar-refractivity contribution >= 4 is 18.0 Å². The predicted octanol–water partition coefficient (Wildman–Crippen LogP) is 3.75. The maximum absolute atomic E-state index is 13.0. The molecule has 0 heterocycles. The second-order valence-corrected chi connectivity index (χ2v) is 7.19. The highest BCUT2D eigenvalue weighted by atomic mass is 16.5. The number of rotatable bonds is 12.